The molecule has 20 heavy (non-hydrogen) atoms. The third-order valence-corrected chi connectivity index (χ3v) is 6.03. The Kier molecular flexibility index (Phi) is 4.83. The Balaban J connectivity index is 1.70. The summed E-state index contributed by atoms with van der Waals surface area (Å²) in [7, 11) is 0. The van der Waals surface area contributed by atoms with Crippen LogP contribution in [0.4, 0.5) is 4.79 Å². The van der Waals surface area contributed by atoms with E-state index < -0.39 is 5.97 Å². The second-order valence-electron chi connectivity index (χ2n) is 6.36. The fourth-order valence-corrected chi connectivity index (χ4v) is 4.23. The minimum Gasteiger partial charge on any atom is -0.481 e. The molecule has 1 atom stereocenters. The van der Waals surface area contributed by atoms with Crippen molar-refractivity contribution in [2.24, 2.45) is 5.41 Å². The molecular weight excluding hydrogens is 276 g/mol. The van der Waals surface area contributed by atoms with Gasteiger partial charge in [0.25, 0.3) is 0 Å². The van der Waals surface area contributed by atoms with E-state index in [0.717, 1.165) is 25.7 Å². The highest BCUT2D eigenvalue weighted by Crippen LogP contribution is 2.43. The van der Waals surface area contributed by atoms with Crippen molar-refractivity contribution < 1.29 is 14.7 Å². The van der Waals surface area contributed by atoms with Crippen molar-refractivity contribution in [2.45, 2.75) is 50.2 Å². The van der Waals surface area contributed by atoms with Crippen LogP contribution in [0.2, 0.25) is 0 Å². The second-order valence-corrected chi connectivity index (χ2v) is 8.04. The highest BCUT2D eigenvalue weighted by molar-refractivity contribution is 8.00. The molecule has 1 aliphatic heterocycles. The number of rotatable bonds is 6. The smallest absolute Gasteiger partial charge is 0.314 e. The Bertz CT molecular complexity index is 377. The highest BCUT2D eigenvalue weighted by atomic mass is 32.2. The van der Waals surface area contributed by atoms with E-state index in [9.17, 15) is 9.59 Å². The van der Waals surface area contributed by atoms with Crippen molar-refractivity contribution in [3.8, 4) is 0 Å². The Morgan fingerprint density at radius 1 is 1.15 bits per heavy atom. The molecule has 0 aromatic carbocycles. The molecule has 0 aromatic heterocycles. The fraction of sp³-hybridized carbons (Fsp3) is 0.857. The molecule has 3 N–H and O–H groups in total. The summed E-state index contributed by atoms with van der Waals surface area (Å²) in [5.41, 5.74) is -0.213. The zero-order chi connectivity index (χ0) is 14.6. The lowest BCUT2D eigenvalue weighted by atomic mass is 9.66. The highest BCUT2D eigenvalue weighted by Gasteiger charge is 2.39. The molecule has 1 saturated heterocycles. The first kappa shape index (κ1) is 15.5. The topological polar surface area (TPSA) is 78.4 Å². The molecule has 2 fully saturated rings. The monoisotopic (exact) mass is 300 g/mol. The first-order chi connectivity index (χ1) is 9.43. The lowest BCUT2D eigenvalue weighted by Gasteiger charge is -2.40. The quantitative estimate of drug-likeness (QED) is 0.703. The maximum atomic E-state index is 11.8. The summed E-state index contributed by atoms with van der Waals surface area (Å²) < 4.78 is 0.159. The van der Waals surface area contributed by atoms with Crippen molar-refractivity contribution in [3.05, 3.63) is 0 Å². The minimum atomic E-state index is -0.776. The maximum Gasteiger partial charge on any atom is 0.314 e. The van der Waals surface area contributed by atoms with Gasteiger partial charge in [-0.15, -0.1) is 0 Å². The van der Waals surface area contributed by atoms with E-state index in [4.69, 9.17) is 5.11 Å². The van der Waals surface area contributed by atoms with Crippen LogP contribution < -0.4 is 10.6 Å². The van der Waals surface area contributed by atoms with Crippen LogP contribution in [0, 0.1) is 5.41 Å². The number of carboxylic acids is 1. The van der Waals surface area contributed by atoms with Gasteiger partial charge >= 0.3 is 12.0 Å². The van der Waals surface area contributed by atoms with Crippen LogP contribution in [0.3, 0.4) is 0 Å². The number of thioether (sulfide) groups is 1. The van der Waals surface area contributed by atoms with Gasteiger partial charge in [0.05, 0.1) is 6.42 Å². The number of nitrogens with one attached hydrogen (secondary N) is 2. The van der Waals surface area contributed by atoms with E-state index in [0.29, 0.717) is 13.1 Å². The molecule has 6 heteroatoms. The SMILES string of the molecule is CC1(CNC(=O)NCC2(CC(=O)O)CCC2)CCCS1. The number of hydrogen-bond acceptors (Lipinski definition) is 3. The predicted molar refractivity (Wildman–Crippen MR) is 80.0 cm³/mol. The molecule has 1 saturated carbocycles. The summed E-state index contributed by atoms with van der Waals surface area (Å²) in [6.07, 6.45) is 5.36. The maximum absolute atomic E-state index is 11.8. The number of aliphatic carboxylic acids is 1. The zero-order valence-electron chi connectivity index (χ0n) is 12.0. The summed E-state index contributed by atoms with van der Waals surface area (Å²) in [4.78, 5) is 22.7. The van der Waals surface area contributed by atoms with Gasteiger partial charge in [0.2, 0.25) is 0 Å². The second kappa shape index (κ2) is 6.24. The minimum absolute atomic E-state index is 0.154. The Morgan fingerprint density at radius 2 is 1.85 bits per heavy atom. The van der Waals surface area contributed by atoms with Gasteiger partial charge in [-0.3, -0.25) is 4.79 Å². The Morgan fingerprint density at radius 3 is 2.35 bits per heavy atom. The Hall–Kier alpha value is -0.910. The molecule has 2 amide bonds. The van der Waals surface area contributed by atoms with E-state index >= 15 is 0 Å². The number of hydrogen-bond donors (Lipinski definition) is 3. The third kappa shape index (κ3) is 4.04. The van der Waals surface area contributed by atoms with Gasteiger partial charge in [-0.05, 0) is 43.8 Å². The van der Waals surface area contributed by atoms with Crippen LogP contribution in [-0.2, 0) is 4.79 Å². The summed E-state index contributed by atoms with van der Waals surface area (Å²) in [6.45, 7) is 3.33. The van der Waals surface area contributed by atoms with Crippen molar-refractivity contribution in [1.82, 2.24) is 10.6 Å². The van der Waals surface area contributed by atoms with E-state index in [2.05, 4.69) is 17.6 Å². The van der Waals surface area contributed by atoms with Gasteiger partial charge in [-0.2, -0.15) is 11.8 Å². The van der Waals surface area contributed by atoms with Gasteiger partial charge in [0, 0.05) is 17.8 Å². The van der Waals surface area contributed by atoms with Crippen LogP contribution in [-0.4, -0.2) is 40.7 Å². The van der Waals surface area contributed by atoms with Crippen LogP contribution in [0.1, 0.15) is 45.4 Å². The average Bonchev–Trinajstić information content (AvgIpc) is 2.77. The molecule has 5 nitrogen and oxygen atoms in total. The predicted octanol–water partition coefficient (Wildman–Crippen LogP) is 2.22. The average molecular weight is 300 g/mol. The van der Waals surface area contributed by atoms with Crippen molar-refractivity contribution in [1.29, 1.82) is 0 Å². The van der Waals surface area contributed by atoms with Gasteiger partial charge in [0.15, 0.2) is 0 Å². The van der Waals surface area contributed by atoms with Crippen LogP contribution in [0.15, 0.2) is 0 Å². The summed E-state index contributed by atoms with van der Waals surface area (Å²) in [5.74, 6) is 0.392. The lowest BCUT2D eigenvalue weighted by molar-refractivity contribution is -0.141. The molecule has 0 aromatic rings. The number of carbonyl (C=O) groups excluding carboxylic acids is 1. The van der Waals surface area contributed by atoms with E-state index in [-0.39, 0.29) is 22.6 Å². The molecule has 1 aliphatic carbocycles. The van der Waals surface area contributed by atoms with Crippen molar-refractivity contribution in [3.63, 3.8) is 0 Å². The van der Waals surface area contributed by atoms with Crippen LogP contribution in [0.5, 0.6) is 0 Å². The number of urea groups is 1. The first-order valence-electron chi connectivity index (χ1n) is 7.31. The molecule has 2 rings (SSSR count). The normalized spacial score (nSPS) is 27.6. The standard InChI is InChI=1S/C14H24N2O3S/c1-13(4-3-7-20-13)9-15-12(19)16-10-14(5-2-6-14)8-11(17)18/h2-10H2,1H3,(H,17,18)(H2,15,16,19). The summed E-state index contributed by atoms with van der Waals surface area (Å²) in [5, 5.41) is 14.7. The zero-order valence-corrected chi connectivity index (χ0v) is 12.9. The Labute approximate surface area is 124 Å². The van der Waals surface area contributed by atoms with Gasteiger partial charge in [-0.1, -0.05) is 6.42 Å². The van der Waals surface area contributed by atoms with Gasteiger partial charge in [-0.25, -0.2) is 4.79 Å². The van der Waals surface area contributed by atoms with E-state index in [1.165, 1.54) is 12.2 Å². The molecule has 0 bridgehead atoms. The molecular formula is C14H24N2O3S. The van der Waals surface area contributed by atoms with E-state index in [1.807, 2.05) is 11.8 Å². The fourth-order valence-electron chi connectivity index (χ4n) is 2.99. The van der Waals surface area contributed by atoms with Gasteiger partial charge < -0.3 is 15.7 Å². The third-order valence-electron chi connectivity index (χ3n) is 4.49. The van der Waals surface area contributed by atoms with Crippen molar-refractivity contribution in [2.75, 3.05) is 18.8 Å². The van der Waals surface area contributed by atoms with E-state index in [1.54, 1.807) is 0 Å². The lowest BCUT2D eigenvalue weighted by Crippen LogP contribution is -2.48. The van der Waals surface area contributed by atoms with Gasteiger partial charge in [0.1, 0.15) is 0 Å². The number of carbonyl (C=O) groups is 2. The first-order valence-corrected chi connectivity index (χ1v) is 8.29. The number of amides is 2. The molecule has 1 heterocycles. The molecule has 0 radical (unpaired) electrons. The molecule has 0 spiro atoms. The number of carboxylic acid groups (broad SMARTS) is 1. The largest absolute Gasteiger partial charge is 0.481 e. The van der Waals surface area contributed by atoms with Crippen LogP contribution >= 0.6 is 11.8 Å². The summed E-state index contributed by atoms with van der Waals surface area (Å²) in [6, 6.07) is -0.171. The molecule has 2 aliphatic rings. The molecule has 114 valence electrons. The molecule has 1 unspecified atom stereocenters. The van der Waals surface area contributed by atoms with Crippen LogP contribution in [0.25, 0.3) is 0 Å². The summed E-state index contributed by atoms with van der Waals surface area (Å²) >= 11 is 1.91. The van der Waals surface area contributed by atoms with Crippen molar-refractivity contribution >= 4 is 23.8 Å².